The predicted octanol–water partition coefficient (Wildman–Crippen LogP) is 18.9. The largest absolute Gasteiger partial charge is 0.309 e. The maximum atomic E-state index is 2.52. The normalized spacial score (nSPS) is 11.8. The van der Waals surface area contributed by atoms with Gasteiger partial charge in [0.2, 0.25) is 0 Å². The summed E-state index contributed by atoms with van der Waals surface area (Å²) < 4.78 is 2.40. The van der Waals surface area contributed by atoms with Crippen LogP contribution in [0.3, 0.4) is 0 Å². The third-order valence-corrected chi connectivity index (χ3v) is 14.6. The Balaban J connectivity index is 1.10. The quantitative estimate of drug-likeness (QED) is 0.116. The standard InChI is InChI=1S/C68H43N/c1-4-22-44(23-5-1)59-43-61(50-30-12-14-33-53(50)67(59)68-54-34-15-11-29-49(54)48-28-10-13-32-52(48)65(68)45-24-6-2-7-25-45)66-57-37-18-16-35-55(57)64(56-36-17-19-38-58(56)66)46-40-41-63-60(42-46)51-31-20-21-39-62(51)69(63)47-26-8-3-9-27-47/h1-43H. The molecule has 69 heavy (non-hydrogen) atoms. The van der Waals surface area contributed by atoms with E-state index in [0.717, 1.165) is 5.69 Å². The highest BCUT2D eigenvalue weighted by Crippen LogP contribution is 2.53. The van der Waals surface area contributed by atoms with Gasteiger partial charge in [-0.15, -0.1) is 0 Å². The first-order valence-corrected chi connectivity index (χ1v) is 23.9. The number of benzene rings is 13. The molecule has 13 aromatic carbocycles. The summed E-state index contributed by atoms with van der Waals surface area (Å²) in [4.78, 5) is 0. The first kappa shape index (κ1) is 39.2. The smallest absolute Gasteiger partial charge is 0.0541 e. The Bertz CT molecular complexity index is 4280. The van der Waals surface area contributed by atoms with Crippen molar-refractivity contribution in [3.8, 4) is 61.3 Å². The fourth-order valence-corrected chi connectivity index (χ4v) is 11.7. The average molecular weight is 874 g/mol. The molecule has 0 saturated carbocycles. The highest BCUT2D eigenvalue weighted by Gasteiger charge is 2.26. The van der Waals surface area contributed by atoms with Gasteiger partial charge in [-0.1, -0.05) is 224 Å². The van der Waals surface area contributed by atoms with Crippen LogP contribution in [0.4, 0.5) is 0 Å². The zero-order valence-electron chi connectivity index (χ0n) is 37.8. The molecular formula is C68H43N. The van der Waals surface area contributed by atoms with E-state index in [9.17, 15) is 0 Å². The van der Waals surface area contributed by atoms with E-state index in [1.807, 2.05) is 0 Å². The van der Waals surface area contributed by atoms with Crippen LogP contribution in [0.1, 0.15) is 0 Å². The number of fused-ring (bicyclic) bond motifs is 9. The Morgan fingerprint density at radius 3 is 1.17 bits per heavy atom. The molecule has 14 aromatic rings. The summed E-state index contributed by atoms with van der Waals surface area (Å²) in [6, 6.07) is 96.5. The molecule has 0 fully saturated rings. The van der Waals surface area contributed by atoms with Crippen molar-refractivity contribution in [2.24, 2.45) is 0 Å². The summed E-state index contributed by atoms with van der Waals surface area (Å²) in [5, 5.41) is 14.9. The van der Waals surface area contributed by atoms with Crippen molar-refractivity contribution in [3.05, 3.63) is 261 Å². The molecule has 0 amide bonds. The minimum Gasteiger partial charge on any atom is -0.309 e. The predicted molar refractivity (Wildman–Crippen MR) is 295 cm³/mol. The molecule has 1 aromatic heterocycles. The molecule has 0 radical (unpaired) electrons. The summed E-state index contributed by atoms with van der Waals surface area (Å²) in [5.74, 6) is 0. The molecule has 0 unspecified atom stereocenters. The maximum absolute atomic E-state index is 2.52. The van der Waals surface area contributed by atoms with Crippen LogP contribution in [0.5, 0.6) is 0 Å². The lowest BCUT2D eigenvalue weighted by Crippen LogP contribution is -1.97. The van der Waals surface area contributed by atoms with Gasteiger partial charge < -0.3 is 4.57 Å². The molecule has 0 aliphatic heterocycles. The van der Waals surface area contributed by atoms with Crippen molar-refractivity contribution in [1.82, 2.24) is 4.57 Å². The van der Waals surface area contributed by atoms with E-state index in [4.69, 9.17) is 0 Å². The molecule has 0 aliphatic carbocycles. The molecular weight excluding hydrogens is 831 g/mol. The summed E-state index contributed by atoms with van der Waals surface area (Å²) in [6.07, 6.45) is 0. The molecule has 0 aliphatic rings. The Kier molecular flexibility index (Phi) is 8.97. The van der Waals surface area contributed by atoms with Crippen LogP contribution >= 0.6 is 0 Å². The van der Waals surface area contributed by atoms with Gasteiger partial charge in [0.15, 0.2) is 0 Å². The molecule has 1 nitrogen and oxygen atoms in total. The zero-order chi connectivity index (χ0) is 45.4. The monoisotopic (exact) mass is 873 g/mol. The summed E-state index contributed by atoms with van der Waals surface area (Å²) >= 11 is 0. The van der Waals surface area contributed by atoms with Gasteiger partial charge in [-0.3, -0.25) is 0 Å². The van der Waals surface area contributed by atoms with Crippen molar-refractivity contribution >= 4 is 75.7 Å². The number of para-hydroxylation sites is 2. The van der Waals surface area contributed by atoms with Gasteiger partial charge in [0.05, 0.1) is 11.0 Å². The van der Waals surface area contributed by atoms with Gasteiger partial charge >= 0.3 is 0 Å². The first-order valence-electron chi connectivity index (χ1n) is 23.9. The van der Waals surface area contributed by atoms with Crippen molar-refractivity contribution in [2.45, 2.75) is 0 Å². The van der Waals surface area contributed by atoms with Crippen LogP contribution in [0, 0.1) is 0 Å². The minimum absolute atomic E-state index is 1.16. The van der Waals surface area contributed by atoms with Crippen LogP contribution in [0.25, 0.3) is 137 Å². The molecule has 1 heterocycles. The van der Waals surface area contributed by atoms with Crippen LogP contribution in [-0.2, 0) is 0 Å². The second-order valence-corrected chi connectivity index (χ2v) is 18.2. The van der Waals surface area contributed by atoms with Gasteiger partial charge in [0.1, 0.15) is 0 Å². The van der Waals surface area contributed by atoms with Crippen molar-refractivity contribution in [2.75, 3.05) is 0 Å². The summed E-state index contributed by atoms with van der Waals surface area (Å²) in [6.45, 7) is 0. The van der Waals surface area contributed by atoms with E-state index in [2.05, 4.69) is 265 Å². The molecule has 320 valence electrons. The molecule has 0 bridgehead atoms. The van der Waals surface area contributed by atoms with Crippen molar-refractivity contribution in [3.63, 3.8) is 0 Å². The fourth-order valence-electron chi connectivity index (χ4n) is 11.7. The maximum Gasteiger partial charge on any atom is 0.0541 e. The van der Waals surface area contributed by atoms with E-state index in [-0.39, 0.29) is 0 Å². The fraction of sp³-hybridized carbons (Fsp3) is 0. The molecule has 0 spiro atoms. The second kappa shape index (κ2) is 15.8. The lowest BCUT2D eigenvalue weighted by atomic mass is 9.78. The first-order chi connectivity index (χ1) is 34.3. The van der Waals surface area contributed by atoms with E-state index < -0.39 is 0 Å². The van der Waals surface area contributed by atoms with E-state index in [1.54, 1.807) is 0 Å². The third kappa shape index (κ3) is 6.04. The Morgan fingerprint density at radius 2 is 0.594 bits per heavy atom. The van der Waals surface area contributed by atoms with Gasteiger partial charge in [-0.05, 0) is 146 Å². The third-order valence-electron chi connectivity index (χ3n) is 14.6. The van der Waals surface area contributed by atoms with Gasteiger partial charge in [0, 0.05) is 16.5 Å². The van der Waals surface area contributed by atoms with Crippen LogP contribution < -0.4 is 0 Å². The molecule has 0 saturated heterocycles. The summed E-state index contributed by atoms with van der Waals surface area (Å²) in [7, 11) is 0. The highest BCUT2D eigenvalue weighted by molar-refractivity contribution is 6.29. The van der Waals surface area contributed by atoms with Crippen LogP contribution in [0.2, 0.25) is 0 Å². The van der Waals surface area contributed by atoms with E-state index in [0.29, 0.717) is 0 Å². The van der Waals surface area contributed by atoms with Crippen LogP contribution in [0.15, 0.2) is 261 Å². The average Bonchev–Trinajstić information content (AvgIpc) is 3.76. The Morgan fingerprint density at radius 1 is 0.188 bits per heavy atom. The van der Waals surface area contributed by atoms with Crippen LogP contribution in [-0.4, -0.2) is 4.57 Å². The lowest BCUT2D eigenvalue weighted by Gasteiger charge is -2.25. The number of nitrogens with zero attached hydrogens (tertiary/aromatic N) is 1. The second-order valence-electron chi connectivity index (χ2n) is 18.2. The molecule has 0 atom stereocenters. The van der Waals surface area contributed by atoms with Crippen molar-refractivity contribution in [1.29, 1.82) is 0 Å². The molecule has 14 rings (SSSR count). The highest BCUT2D eigenvalue weighted by atomic mass is 15.0. The minimum atomic E-state index is 1.16. The number of rotatable bonds is 6. The zero-order valence-corrected chi connectivity index (χ0v) is 37.8. The summed E-state index contributed by atoms with van der Waals surface area (Å²) in [5.41, 5.74) is 15.9. The molecule has 1 heteroatoms. The van der Waals surface area contributed by atoms with Gasteiger partial charge in [-0.25, -0.2) is 0 Å². The number of aromatic nitrogens is 1. The van der Waals surface area contributed by atoms with E-state index >= 15 is 0 Å². The SMILES string of the molecule is c1ccc(-c2cc(-c3c4ccccc4c(-c4ccc5c(c4)c4ccccc4n5-c4ccccc4)c4ccccc34)c3ccccc3c2-c2c(-c3ccccc3)c3ccccc3c3ccccc23)cc1. The lowest BCUT2D eigenvalue weighted by molar-refractivity contribution is 1.18. The van der Waals surface area contributed by atoms with Crippen molar-refractivity contribution < 1.29 is 0 Å². The van der Waals surface area contributed by atoms with Gasteiger partial charge in [0.25, 0.3) is 0 Å². The molecule has 0 N–H and O–H groups in total. The number of hydrogen-bond acceptors (Lipinski definition) is 0. The topological polar surface area (TPSA) is 4.93 Å². The van der Waals surface area contributed by atoms with E-state index in [1.165, 1.54) is 131 Å². The Labute approximate surface area is 400 Å². The van der Waals surface area contributed by atoms with Gasteiger partial charge in [-0.2, -0.15) is 0 Å². The number of hydrogen-bond donors (Lipinski definition) is 0. The Hall–Kier alpha value is -9.04.